The van der Waals surface area contributed by atoms with Crippen LogP contribution in [-0.4, -0.2) is 17.0 Å². The average Bonchev–Trinajstić information content (AvgIpc) is 2.49. The highest BCUT2D eigenvalue weighted by Gasteiger charge is 2.06. The zero-order valence-electron chi connectivity index (χ0n) is 12.7. The summed E-state index contributed by atoms with van der Waals surface area (Å²) in [5, 5.41) is 3.39. The van der Waals surface area contributed by atoms with Crippen molar-refractivity contribution in [2.45, 2.75) is 26.8 Å². The second-order valence-electron chi connectivity index (χ2n) is 5.29. The number of halogens is 1. The number of carbonyl (C=O) groups excluding carboxylic acids is 1. The molecule has 0 aliphatic carbocycles. The van der Waals surface area contributed by atoms with Crippen molar-refractivity contribution in [3.8, 4) is 0 Å². The van der Waals surface area contributed by atoms with Gasteiger partial charge in [0.2, 0.25) is 0 Å². The van der Waals surface area contributed by atoms with Crippen LogP contribution in [0.5, 0.6) is 0 Å². The van der Waals surface area contributed by atoms with Gasteiger partial charge in [0.1, 0.15) is 0 Å². The molecule has 1 aromatic carbocycles. The monoisotopic (exact) mass is 318 g/mol. The van der Waals surface area contributed by atoms with Gasteiger partial charge in [-0.05, 0) is 49.6 Å². The van der Waals surface area contributed by atoms with Crippen LogP contribution >= 0.6 is 11.6 Å². The molecule has 0 saturated carbocycles. The fraction of sp³-hybridized carbons (Fsp3) is 0.294. The first-order valence-electron chi connectivity index (χ1n) is 7.19. The van der Waals surface area contributed by atoms with Crippen molar-refractivity contribution in [3.63, 3.8) is 0 Å². The predicted octanol–water partition coefficient (Wildman–Crippen LogP) is 2.94. The number of hydrogen-bond donors (Lipinski definition) is 1. The summed E-state index contributed by atoms with van der Waals surface area (Å²) < 4.78 is 1.55. The molecule has 0 radical (unpaired) electrons. The Morgan fingerprint density at radius 3 is 2.68 bits per heavy atom. The molecule has 0 fully saturated rings. The molecule has 5 heteroatoms. The Labute approximate surface area is 134 Å². The van der Waals surface area contributed by atoms with E-state index in [1.807, 2.05) is 32.0 Å². The number of aromatic nitrogens is 1. The van der Waals surface area contributed by atoms with Crippen LogP contribution in [0.4, 0.5) is 0 Å². The third-order valence-corrected chi connectivity index (χ3v) is 3.80. The summed E-state index contributed by atoms with van der Waals surface area (Å²) in [5.41, 5.74) is 2.82. The highest BCUT2D eigenvalue weighted by Crippen LogP contribution is 2.09. The van der Waals surface area contributed by atoms with E-state index in [1.165, 1.54) is 6.07 Å². The Bertz CT molecular complexity index is 738. The van der Waals surface area contributed by atoms with E-state index in [0.29, 0.717) is 30.1 Å². The van der Waals surface area contributed by atoms with Gasteiger partial charge >= 0.3 is 0 Å². The molecular weight excluding hydrogens is 300 g/mol. The minimum Gasteiger partial charge on any atom is -0.352 e. The highest BCUT2D eigenvalue weighted by atomic mass is 35.5. The van der Waals surface area contributed by atoms with Crippen molar-refractivity contribution in [3.05, 3.63) is 68.6 Å². The van der Waals surface area contributed by atoms with Crippen LogP contribution in [0.15, 0.2) is 41.3 Å². The van der Waals surface area contributed by atoms with Gasteiger partial charge in [-0.15, -0.1) is 0 Å². The average molecular weight is 319 g/mol. The van der Waals surface area contributed by atoms with E-state index < -0.39 is 0 Å². The molecule has 2 aromatic rings. The number of benzene rings is 1. The van der Waals surface area contributed by atoms with Crippen LogP contribution in [0, 0.1) is 13.8 Å². The van der Waals surface area contributed by atoms with Crippen molar-refractivity contribution in [1.82, 2.24) is 9.88 Å². The van der Waals surface area contributed by atoms with Crippen molar-refractivity contribution in [2.75, 3.05) is 6.54 Å². The van der Waals surface area contributed by atoms with Crippen LogP contribution in [0.2, 0.25) is 5.02 Å². The summed E-state index contributed by atoms with van der Waals surface area (Å²) in [6.45, 7) is 5.02. The maximum atomic E-state index is 12.0. The lowest BCUT2D eigenvalue weighted by atomic mass is 10.1. The minimum atomic E-state index is -0.0958. The van der Waals surface area contributed by atoms with Gasteiger partial charge in [-0.1, -0.05) is 17.7 Å². The molecule has 0 atom stereocenters. The molecule has 0 bridgehead atoms. The summed E-state index contributed by atoms with van der Waals surface area (Å²) in [6, 6.07) is 8.65. The molecule has 116 valence electrons. The third-order valence-electron chi connectivity index (χ3n) is 3.58. The van der Waals surface area contributed by atoms with Gasteiger partial charge in [0.15, 0.2) is 0 Å². The number of hydrogen-bond acceptors (Lipinski definition) is 2. The predicted molar refractivity (Wildman–Crippen MR) is 88.6 cm³/mol. The smallest absolute Gasteiger partial charge is 0.251 e. The molecule has 1 heterocycles. The van der Waals surface area contributed by atoms with E-state index in [9.17, 15) is 9.59 Å². The lowest BCUT2D eigenvalue weighted by Crippen LogP contribution is -2.27. The van der Waals surface area contributed by atoms with Crippen LogP contribution < -0.4 is 10.9 Å². The van der Waals surface area contributed by atoms with Crippen LogP contribution in [0.25, 0.3) is 0 Å². The highest BCUT2D eigenvalue weighted by molar-refractivity contribution is 6.30. The van der Waals surface area contributed by atoms with Crippen LogP contribution in [0.3, 0.4) is 0 Å². The summed E-state index contributed by atoms with van der Waals surface area (Å²) in [4.78, 5) is 23.6. The van der Waals surface area contributed by atoms with Crippen molar-refractivity contribution in [1.29, 1.82) is 0 Å². The van der Waals surface area contributed by atoms with Gasteiger partial charge in [-0.3, -0.25) is 9.59 Å². The van der Waals surface area contributed by atoms with E-state index in [1.54, 1.807) is 16.8 Å². The normalized spacial score (nSPS) is 10.5. The van der Waals surface area contributed by atoms with Gasteiger partial charge in [-0.25, -0.2) is 0 Å². The molecule has 1 N–H and O–H groups in total. The maximum absolute atomic E-state index is 12.0. The standard InChI is InChI=1S/C17H19ClN2O2/c1-12-4-5-14(10-13(12)2)17(22)19-8-3-9-20-11-15(18)6-7-16(20)21/h4-7,10-11H,3,8-9H2,1-2H3,(H,19,22). The first kappa shape index (κ1) is 16.3. The Kier molecular flexibility index (Phi) is 5.39. The molecule has 1 aromatic heterocycles. The van der Waals surface area contributed by atoms with E-state index >= 15 is 0 Å². The molecule has 0 spiro atoms. The molecule has 0 aliphatic heterocycles. The Balaban J connectivity index is 1.85. The van der Waals surface area contributed by atoms with Crippen molar-refractivity contribution >= 4 is 17.5 Å². The Hall–Kier alpha value is -2.07. The Morgan fingerprint density at radius 1 is 1.18 bits per heavy atom. The van der Waals surface area contributed by atoms with Crippen LogP contribution in [-0.2, 0) is 6.54 Å². The number of pyridine rings is 1. The summed E-state index contributed by atoms with van der Waals surface area (Å²) in [6.07, 6.45) is 2.27. The summed E-state index contributed by atoms with van der Waals surface area (Å²) >= 11 is 5.86. The largest absolute Gasteiger partial charge is 0.352 e. The molecule has 1 amide bonds. The topological polar surface area (TPSA) is 51.1 Å². The number of carbonyl (C=O) groups is 1. The summed E-state index contributed by atoms with van der Waals surface area (Å²) in [5.74, 6) is -0.0958. The third kappa shape index (κ3) is 4.21. The minimum absolute atomic E-state index is 0.0927. The molecule has 2 rings (SSSR count). The zero-order chi connectivity index (χ0) is 16.1. The number of nitrogens with one attached hydrogen (secondary N) is 1. The lowest BCUT2D eigenvalue weighted by Gasteiger charge is -2.08. The SMILES string of the molecule is Cc1ccc(C(=O)NCCCn2cc(Cl)ccc2=O)cc1C. The number of aryl methyl sites for hydroxylation is 3. The summed E-state index contributed by atoms with van der Waals surface area (Å²) in [7, 11) is 0. The van der Waals surface area contributed by atoms with Crippen molar-refractivity contribution < 1.29 is 4.79 Å². The first-order chi connectivity index (χ1) is 10.5. The van der Waals surface area contributed by atoms with E-state index in [2.05, 4.69) is 5.32 Å². The second-order valence-corrected chi connectivity index (χ2v) is 5.72. The first-order valence-corrected chi connectivity index (χ1v) is 7.56. The lowest BCUT2D eigenvalue weighted by molar-refractivity contribution is 0.0952. The Morgan fingerprint density at radius 2 is 1.95 bits per heavy atom. The van der Waals surface area contributed by atoms with Crippen LogP contribution in [0.1, 0.15) is 27.9 Å². The van der Waals surface area contributed by atoms with E-state index in [0.717, 1.165) is 11.1 Å². The maximum Gasteiger partial charge on any atom is 0.251 e. The fourth-order valence-corrected chi connectivity index (χ4v) is 2.29. The number of nitrogens with zero attached hydrogens (tertiary/aromatic N) is 1. The van der Waals surface area contributed by atoms with Gasteiger partial charge in [0.05, 0.1) is 5.02 Å². The van der Waals surface area contributed by atoms with Gasteiger partial charge in [0.25, 0.3) is 11.5 Å². The van der Waals surface area contributed by atoms with E-state index in [4.69, 9.17) is 11.6 Å². The zero-order valence-corrected chi connectivity index (χ0v) is 13.5. The molecular formula is C17H19ClN2O2. The number of rotatable bonds is 5. The second kappa shape index (κ2) is 7.27. The molecule has 0 unspecified atom stereocenters. The van der Waals surface area contributed by atoms with Gasteiger partial charge in [-0.2, -0.15) is 0 Å². The van der Waals surface area contributed by atoms with Crippen molar-refractivity contribution in [2.24, 2.45) is 0 Å². The number of amides is 1. The van der Waals surface area contributed by atoms with Gasteiger partial charge < -0.3 is 9.88 Å². The molecule has 22 heavy (non-hydrogen) atoms. The quantitative estimate of drug-likeness (QED) is 0.862. The van der Waals surface area contributed by atoms with E-state index in [-0.39, 0.29) is 11.5 Å². The molecule has 0 saturated heterocycles. The fourth-order valence-electron chi connectivity index (χ4n) is 2.11. The molecule has 0 aliphatic rings. The van der Waals surface area contributed by atoms with Gasteiger partial charge in [0, 0.05) is 30.9 Å². The molecule has 4 nitrogen and oxygen atoms in total.